The molecule has 0 saturated carbocycles. The third kappa shape index (κ3) is 3.91. The Balaban J connectivity index is 1.47. The van der Waals surface area contributed by atoms with E-state index in [-0.39, 0.29) is 17.6 Å². The molecule has 0 aliphatic carbocycles. The van der Waals surface area contributed by atoms with Gasteiger partial charge in [0.15, 0.2) is 0 Å². The molecule has 1 aromatic heterocycles. The number of rotatable bonds is 6. The first-order valence-corrected chi connectivity index (χ1v) is 11.1. The highest BCUT2D eigenvalue weighted by atomic mass is 32.2. The molecule has 0 atom stereocenters. The van der Waals surface area contributed by atoms with Crippen molar-refractivity contribution < 1.29 is 22.4 Å². The van der Waals surface area contributed by atoms with E-state index >= 15 is 0 Å². The number of nitrogens with one attached hydrogen (secondary N) is 1. The van der Waals surface area contributed by atoms with Crippen LogP contribution in [0.5, 0.6) is 5.75 Å². The number of benzene rings is 2. The maximum atomic E-state index is 13.1. The van der Waals surface area contributed by atoms with E-state index in [4.69, 9.17) is 9.15 Å². The zero-order valence-corrected chi connectivity index (χ0v) is 17.3. The lowest BCUT2D eigenvalue weighted by molar-refractivity contribution is 0.0963. The summed E-state index contributed by atoms with van der Waals surface area (Å²) >= 11 is 0. The van der Waals surface area contributed by atoms with Gasteiger partial charge in [0, 0.05) is 19.2 Å². The molecule has 3 aromatic rings. The van der Waals surface area contributed by atoms with Gasteiger partial charge < -0.3 is 14.5 Å². The van der Waals surface area contributed by atoms with Crippen LogP contribution in [0.25, 0.3) is 0 Å². The van der Waals surface area contributed by atoms with Gasteiger partial charge >= 0.3 is 0 Å². The van der Waals surface area contributed by atoms with Gasteiger partial charge in [0.05, 0.1) is 5.69 Å². The molecule has 0 saturated heterocycles. The third-order valence-electron chi connectivity index (χ3n) is 4.97. The number of sulfonamides is 1. The average molecular weight is 426 g/mol. The van der Waals surface area contributed by atoms with Crippen LogP contribution in [-0.4, -0.2) is 27.9 Å². The minimum atomic E-state index is -3.79. The maximum absolute atomic E-state index is 13.1. The van der Waals surface area contributed by atoms with Crippen molar-refractivity contribution in [3.8, 4) is 5.75 Å². The second kappa shape index (κ2) is 8.23. The molecule has 2 aromatic carbocycles. The van der Waals surface area contributed by atoms with Crippen molar-refractivity contribution in [2.45, 2.75) is 24.5 Å². The van der Waals surface area contributed by atoms with Gasteiger partial charge in [-0.3, -0.25) is 9.10 Å². The number of amides is 1. The zero-order chi connectivity index (χ0) is 21.1. The van der Waals surface area contributed by atoms with Gasteiger partial charge in [0.25, 0.3) is 15.9 Å². The van der Waals surface area contributed by atoms with Gasteiger partial charge in [-0.05, 0) is 60.9 Å². The quantitative estimate of drug-likeness (QED) is 0.653. The summed E-state index contributed by atoms with van der Waals surface area (Å²) in [5.74, 6) is 0.768. The van der Waals surface area contributed by atoms with Crippen molar-refractivity contribution in [2.24, 2.45) is 0 Å². The molecule has 8 heteroatoms. The molecule has 1 aliphatic rings. The summed E-state index contributed by atoms with van der Waals surface area (Å²) in [6.45, 7) is 0.495. The fraction of sp³-hybridized carbons (Fsp3) is 0.227. The third-order valence-corrected chi connectivity index (χ3v) is 6.66. The summed E-state index contributed by atoms with van der Waals surface area (Å²) in [5, 5.41) is 2.45. The summed E-state index contributed by atoms with van der Waals surface area (Å²) in [5.41, 5.74) is 2.25. The first-order chi connectivity index (χ1) is 14.5. The Bertz CT molecular complexity index is 1150. The second-order valence-electron chi connectivity index (χ2n) is 6.92. The van der Waals surface area contributed by atoms with Crippen LogP contribution >= 0.6 is 0 Å². The lowest BCUT2D eigenvalue weighted by Gasteiger charge is -2.29. The molecule has 156 valence electrons. The lowest BCUT2D eigenvalue weighted by Crippen LogP contribution is -2.35. The summed E-state index contributed by atoms with van der Waals surface area (Å²) < 4.78 is 38.9. The SMILES string of the molecule is CNC(=O)c1ccc(OCc2ccc(S(=O)(=O)N3CCCc4ccccc43)o2)cc1. The fourth-order valence-electron chi connectivity index (χ4n) is 3.43. The van der Waals surface area contributed by atoms with Crippen molar-refractivity contribution in [2.75, 3.05) is 17.9 Å². The highest BCUT2D eigenvalue weighted by Gasteiger charge is 2.31. The smallest absolute Gasteiger partial charge is 0.297 e. The number of hydrogen-bond acceptors (Lipinski definition) is 5. The largest absolute Gasteiger partial charge is 0.486 e. The zero-order valence-electron chi connectivity index (χ0n) is 16.5. The molecule has 7 nitrogen and oxygen atoms in total. The predicted octanol–water partition coefficient (Wildman–Crippen LogP) is 3.36. The monoisotopic (exact) mass is 426 g/mol. The van der Waals surface area contributed by atoms with E-state index in [1.807, 2.05) is 24.3 Å². The normalized spacial score (nSPS) is 13.6. The molecule has 0 unspecified atom stereocenters. The number of carbonyl (C=O) groups excluding carboxylic acids is 1. The molecule has 0 bridgehead atoms. The molecule has 30 heavy (non-hydrogen) atoms. The number of para-hydroxylation sites is 1. The van der Waals surface area contributed by atoms with Gasteiger partial charge in [-0.15, -0.1) is 0 Å². The topological polar surface area (TPSA) is 88.8 Å². The highest BCUT2D eigenvalue weighted by Crippen LogP contribution is 2.32. The Labute approximate surface area is 175 Å². The molecule has 1 aliphatic heterocycles. The van der Waals surface area contributed by atoms with E-state index in [9.17, 15) is 13.2 Å². The Kier molecular flexibility index (Phi) is 5.50. The summed E-state index contributed by atoms with van der Waals surface area (Å²) in [6, 6.07) is 17.2. The first-order valence-electron chi connectivity index (χ1n) is 9.63. The standard InChI is InChI=1S/C22H22N2O5S/c1-23-22(25)17-8-10-18(11-9-17)28-15-19-12-13-21(29-19)30(26,27)24-14-4-6-16-5-2-3-7-20(16)24/h2-3,5,7-13H,4,6,14-15H2,1H3,(H,23,25). The van der Waals surface area contributed by atoms with Crippen LogP contribution in [0.4, 0.5) is 5.69 Å². The van der Waals surface area contributed by atoms with Crippen LogP contribution in [0.3, 0.4) is 0 Å². The van der Waals surface area contributed by atoms with Crippen LogP contribution in [0.15, 0.2) is 70.2 Å². The molecule has 1 N–H and O–H groups in total. The highest BCUT2D eigenvalue weighted by molar-refractivity contribution is 7.92. The number of fused-ring (bicyclic) bond motifs is 1. The van der Waals surface area contributed by atoms with E-state index in [2.05, 4.69) is 5.32 Å². The van der Waals surface area contributed by atoms with Crippen LogP contribution in [0, 0.1) is 0 Å². The summed E-state index contributed by atoms with van der Waals surface area (Å²) in [6.07, 6.45) is 1.62. The number of carbonyl (C=O) groups is 1. The van der Waals surface area contributed by atoms with Gasteiger partial charge in [-0.1, -0.05) is 18.2 Å². The van der Waals surface area contributed by atoms with Crippen molar-refractivity contribution in [1.82, 2.24) is 5.32 Å². The van der Waals surface area contributed by atoms with Crippen molar-refractivity contribution in [3.63, 3.8) is 0 Å². The minimum absolute atomic E-state index is 0.0748. The number of aryl methyl sites for hydroxylation is 1. The molecular formula is C22H22N2O5S. The summed E-state index contributed by atoms with van der Waals surface area (Å²) in [4.78, 5) is 11.6. The van der Waals surface area contributed by atoms with Crippen LogP contribution < -0.4 is 14.4 Å². The molecular weight excluding hydrogens is 404 g/mol. The molecule has 0 fully saturated rings. The maximum Gasteiger partial charge on any atom is 0.297 e. The Hall–Kier alpha value is -3.26. The lowest BCUT2D eigenvalue weighted by atomic mass is 10.0. The van der Waals surface area contributed by atoms with E-state index in [0.717, 1.165) is 18.4 Å². The number of hydrogen-bond donors (Lipinski definition) is 1. The molecule has 1 amide bonds. The Morgan fingerprint density at radius 2 is 1.87 bits per heavy atom. The van der Waals surface area contributed by atoms with Gasteiger partial charge in [-0.25, -0.2) is 0 Å². The van der Waals surface area contributed by atoms with Gasteiger partial charge in [-0.2, -0.15) is 8.42 Å². The molecule has 0 spiro atoms. The van der Waals surface area contributed by atoms with Gasteiger partial charge in [0.2, 0.25) is 5.09 Å². The second-order valence-corrected chi connectivity index (χ2v) is 8.72. The number of nitrogens with zero attached hydrogens (tertiary/aromatic N) is 1. The first kappa shape index (κ1) is 20.0. The van der Waals surface area contributed by atoms with Gasteiger partial charge in [0.1, 0.15) is 18.1 Å². The Morgan fingerprint density at radius 1 is 1.10 bits per heavy atom. The van der Waals surface area contributed by atoms with Crippen LogP contribution in [0.2, 0.25) is 0 Å². The van der Waals surface area contributed by atoms with Crippen molar-refractivity contribution in [3.05, 3.63) is 77.6 Å². The van der Waals surface area contributed by atoms with Crippen LogP contribution in [-0.2, 0) is 23.1 Å². The molecule has 0 radical (unpaired) electrons. The van der Waals surface area contributed by atoms with Crippen molar-refractivity contribution in [1.29, 1.82) is 0 Å². The fourth-order valence-corrected chi connectivity index (χ4v) is 4.91. The predicted molar refractivity (Wildman–Crippen MR) is 112 cm³/mol. The average Bonchev–Trinajstić information content (AvgIpc) is 3.27. The van der Waals surface area contributed by atoms with E-state index in [1.165, 1.54) is 10.4 Å². The number of furan rings is 1. The molecule has 4 rings (SSSR count). The van der Waals surface area contributed by atoms with Crippen molar-refractivity contribution >= 4 is 21.6 Å². The number of ether oxygens (including phenoxy) is 1. The van der Waals surface area contributed by atoms with E-state index in [0.29, 0.717) is 29.3 Å². The Morgan fingerprint density at radius 3 is 2.63 bits per heavy atom. The number of anilines is 1. The molecule has 2 heterocycles. The van der Waals surface area contributed by atoms with E-state index in [1.54, 1.807) is 37.4 Å². The summed E-state index contributed by atoms with van der Waals surface area (Å²) in [7, 11) is -2.22. The van der Waals surface area contributed by atoms with Crippen LogP contribution in [0.1, 0.15) is 28.1 Å². The van der Waals surface area contributed by atoms with E-state index < -0.39 is 10.0 Å². The minimum Gasteiger partial charge on any atom is -0.486 e.